The Morgan fingerprint density at radius 3 is 3.00 bits per heavy atom. The van der Waals surface area contributed by atoms with Crippen LogP contribution in [-0.4, -0.2) is 50.3 Å². The van der Waals surface area contributed by atoms with Crippen LogP contribution in [-0.2, 0) is 4.74 Å². The summed E-state index contributed by atoms with van der Waals surface area (Å²) in [6.07, 6.45) is 1.57. The monoisotopic (exact) mass is 186 g/mol. The van der Waals surface area contributed by atoms with Crippen LogP contribution in [0.5, 0.6) is 0 Å². The van der Waals surface area contributed by atoms with Gasteiger partial charge >= 0.3 is 0 Å². The molecule has 0 aliphatic carbocycles. The summed E-state index contributed by atoms with van der Waals surface area (Å²) in [6, 6.07) is 0.607. The number of morpholine rings is 1. The zero-order chi connectivity index (χ0) is 9.68. The van der Waals surface area contributed by atoms with Crippen molar-refractivity contribution in [1.82, 2.24) is 10.2 Å². The molecule has 0 radical (unpaired) electrons. The van der Waals surface area contributed by atoms with Crippen molar-refractivity contribution in [2.24, 2.45) is 0 Å². The van der Waals surface area contributed by atoms with E-state index in [2.05, 4.69) is 31.1 Å². The molecule has 3 heteroatoms. The van der Waals surface area contributed by atoms with Gasteiger partial charge in [0.1, 0.15) is 0 Å². The highest BCUT2D eigenvalue weighted by Gasteiger charge is 2.17. The molecule has 1 heterocycles. The molecular weight excluding hydrogens is 164 g/mol. The maximum absolute atomic E-state index is 5.64. The van der Waals surface area contributed by atoms with Crippen molar-refractivity contribution in [3.05, 3.63) is 0 Å². The third-order valence-corrected chi connectivity index (χ3v) is 2.65. The lowest BCUT2D eigenvalue weighted by Gasteiger charge is -2.30. The largest absolute Gasteiger partial charge is 0.374 e. The molecule has 1 fully saturated rings. The van der Waals surface area contributed by atoms with Crippen LogP contribution in [0.2, 0.25) is 0 Å². The minimum Gasteiger partial charge on any atom is -0.374 e. The molecule has 2 atom stereocenters. The van der Waals surface area contributed by atoms with Gasteiger partial charge in [-0.25, -0.2) is 0 Å². The number of hydrogen-bond donors (Lipinski definition) is 1. The number of nitrogens with zero attached hydrogens (tertiary/aromatic N) is 1. The smallest absolute Gasteiger partial charge is 0.0826 e. The third-order valence-electron chi connectivity index (χ3n) is 2.65. The van der Waals surface area contributed by atoms with E-state index in [1.54, 1.807) is 0 Å². The molecule has 1 saturated heterocycles. The Hall–Kier alpha value is -0.120. The number of likely N-dealkylation sites (N-methyl/N-ethyl adjacent to an activating group) is 1. The van der Waals surface area contributed by atoms with E-state index in [9.17, 15) is 0 Å². The topological polar surface area (TPSA) is 24.5 Å². The van der Waals surface area contributed by atoms with Crippen molar-refractivity contribution in [3.8, 4) is 0 Å². The fourth-order valence-electron chi connectivity index (χ4n) is 1.47. The zero-order valence-corrected chi connectivity index (χ0v) is 9.05. The lowest BCUT2D eigenvalue weighted by Crippen LogP contribution is -2.46. The van der Waals surface area contributed by atoms with Crippen molar-refractivity contribution >= 4 is 0 Å². The molecular formula is C10H22N2O. The van der Waals surface area contributed by atoms with E-state index in [0.29, 0.717) is 12.1 Å². The van der Waals surface area contributed by atoms with Crippen LogP contribution in [0.3, 0.4) is 0 Å². The van der Waals surface area contributed by atoms with Crippen molar-refractivity contribution in [2.45, 2.75) is 32.4 Å². The van der Waals surface area contributed by atoms with Crippen LogP contribution in [0.4, 0.5) is 0 Å². The Morgan fingerprint density at radius 1 is 1.62 bits per heavy atom. The minimum atomic E-state index is 0.382. The molecule has 1 rings (SSSR count). The number of hydrogen-bond acceptors (Lipinski definition) is 3. The Balaban J connectivity index is 2.13. The molecule has 0 saturated carbocycles. The van der Waals surface area contributed by atoms with Crippen LogP contribution < -0.4 is 5.32 Å². The van der Waals surface area contributed by atoms with Gasteiger partial charge in [-0.1, -0.05) is 6.92 Å². The first-order chi connectivity index (χ1) is 6.22. The van der Waals surface area contributed by atoms with Gasteiger partial charge in [-0.05, 0) is 20.4 Å². The predicted octanol–water partition coefficient (Wildman–Crippen LogP) is 0.705. The predicted molar refractivity (Wildman–Crippen MR) is 55.0 cm³/mol. The molecule has 78 valence electrons. The summed E-state index contributed by atoms with van der Waals surface area (Å²) in [5.74, 6) is 0. The van der Waals surface area contributed by atoms with Gasteiger partial charge in [-0.2, -0.15) is 0 Å². The third kappa shape index (κ3) is 4.07. The van der Waals surface area contributed by atoms with Crippen LogP contribution in [0, 0.1) is 0 Å². The van der Waals surface area contributed by atoms with E-state index in [-0.39, 0.29) is 0 Å². The van der Waals surface area contributed by atoms with Crippen LogP contribution in [0.15, 0.2) is 0 Å². The van der Waals surface area contributed by atoms with E-state index < -0.39 is 0 Å². The molecule has 1 N–H and O–H groups in total. The summed E-state index contributed by atoms with van der Waals surface area (Å²) in [7, 11) is 2.15. The van der Waals surface area contributed by atoms with Gasteiger partial charge in [-0.3, -0.25) is 0 Å². The summed E-state index contributed by atoms with van der Waals surface area (Å²) in [6.45, 7) is 8.41. The van der Waals surface area contributed by atoms with Crippen molar-refractivity contribution in [3.63, 3.8) is 0 Å². The second-order valence-corrected chi connectivity index (χ2v) is 3.97. The molecule has 0 aromatic carbocycles. The number of ether oxygens (including phenoxy) is 1. The summed E-state index contributed by atoms with van der Waals surface area (Å²) in [4.78, 5) is 2.33. The number of rotatable bonds is 4. The molecule has 13 heavy (non-hydrogen) atoms. The average molecular weight is 186 g/mol. The van der Waals surface area contributed by atoms with Gasteiger partial charge in [0, 0.05) is 25.7 Å². The Labute approximate surface area is 81.4 Å². The Morgan fingerprint density at radius 2 is 2.38 bits per heavy atom. The number of nitrogens with one attached hydrogen (secondary N) is 1. The van der Waals surface area contributed by atoms with Gasteiger partial charge in [-0.15, -0.1) is 0 Å². The first kappa shape index (κ1) is 11.0. The van der Waals surface area contributed by atoms with Crippen LogP contribution in [0.25, 0.3) is 0 Å². The highest BCUT2D eigenvalue weighted by molar-refractivity contribution is 4.72. The van der Waals surface area contributed by atoms with E-state index in [0.717, 1.165) is 26.2 Å². The van der Waals surface area contributed by atoms with Crippen LogP contribution in [0.1, 0.15) is 20.3 Å². The van der Waals surface area contributed by atoms with Crippen LogP contribution >= 0.6 is 0 Å². The lowest BCUT2D eigenvalue weighted by atomic mass is 10.2. The fraction of sp³-hybridized carbons (Fsp3) is 1.00. The van der Waals surface area contributed by atoms with Gasteiger partial charge < -0.3 is 15.0 Å². The SMILES string of the molecule is CC[C@@H](C)NC[C@H]1CN(C)CCO1. The van der Waals surface area contributed by atoms with Gasteiger partial charge in [0.2, 0.25) is 0 Å². The highest BCUT2D eigenvalue weighted by atomic mass is 16.5. The standard InChI is InChI=1S/C10H22N2O/c1-4-9(2)11-7-10-8-12(3)5-6-13-10/h9-11H,4-8H2,1-3H3/t9-,10+/m1/s1. The van der Waals surface area contributed by atoms with Crippen molar-refractivity contribution in [2.75, 3.05) is 33.3 Å². The average Bonchev–Trinajstić information content (AvgIpc) is 2.14. The quantitative estimate of drug-likeness (QED) is 0.699. The van der Waals surface area contributed by atoms with Gasteiger partial charge in [0.25, 0.3) is 0 Å². The second kappa shape index (κ2) is 5.58. The van der Waals surface area contributed by atoms with E-state index >= 15 is 0 Å². The summed E-state index contributed by atoms with van der Waals surface area (Å²) < 4.78 is 5.64. The minimum absolute atomic E-state index is 0.382. The molecule has 0 spiro atoms. The molecule has 0 aromatic rings. The van der Waals surface area contributed by atoms with Crippen molar-refractivity contribution < 1.29 is 4.74 Å². The Kier molecular flexibility index (Phi) is 4.70. The molecule has 1 aliphatic rings. The molecule has 3 nitrogen and oxygen atoms in total. The molecule has 1 aliphatic heterocycles. The molecule has 0 aromatic heterocycles. The maximum Gasteiger partial charge on any atom is 0.0826 e. The highest BCUT2D eigenvalue weighted by Crippen LogP contribution is 2.02. The summed E-state index contributed by atoms with van der Waals surface area (Å²) >= 11 is 0. The Bertz CT molecular complexity index is 141. The first-order valence-corrected chi connectivity index (χ1v) is 5.26. The van der Waals surface area contributed by atoms with Crippen molar-refractivity contribution in [1.29, 1.82) is 0 Å². The molecule has 0 bridgehead atoms. The lowest BCUT2D eigenvalue weighted by molar-refractivity contribution is -0.0190. The van der Waals surface area contributed by atoms with E-state index in [4.69, 9.17) is 4.74 Å². The van der Waals surface area contributed by atoms with Gasteiger partial charge in [0.15, 0.2) is 0 Å². The molecule has 0 unspecified atom stereocenters. The van der Waals surface area contributed by atoms with Gasteiger partial charge in [0.05, 0.1) is 12.7 Å². The zero-order valence-electron chi connectivity index (χ0n) is 9.05. The summed E-state index contributed by atoms with van der Waals surface area (Å²) in [5, 5.41) is 3.47. The molecule has 0 amide bonds. The second-order valence-electron chi connectivity index (χ2n) is 3.97. The fourth-order valence-corrected chi connectivity index (χ4v) is 1.47. The first-order valence-electron chi connectivity index (χ1n) is 5.26. The normalized spacial score (nSPS) is 27.5. The summed E-state index contributed by atoms with van der Waals surface area (Å²) in [5.41, 5.74) is 0. The van der Waals surface area contributed by atoms with E-state index in [1.165, 1.54) is 6.42 Å². The maximum atomic E-state index is 5.64. The van der Waals surface area contributed by atoms with E-state index in [1.807, 2.05) is 0 Å².